The van der Waals surface area contributed by atoms with Gasteiger partial charge in [0.25, 0.3) is 5.56 Å². The molecular formula is C24H22N2O2S. The van der Waals surface area contributed by atoms with Crippen molar-refractivity contribution >= 4 is 22.3 Å². The predicted octanol–water partition coefficient (Wildman–Crippen LogP) is 4.94. The van der Waals surface area contributed by atoms with E-state index < -0.39 is 0 Å². The van der Waals surface area contributed by atoms with Crippen LogP contribution in [0.3, 0.4) is 0 Å². The van der Waals surface area contributed by atoms with Gasteiger partial charge in [-0.25, -0.2) is 0 Å². The first-order valence-corrected chi connectivity index (χ1v) is 11.1. The van der Waals surface area contributed by atoms with E-state index in [2.05, 4.69) is 23.1 Å². The number of rotatable bonds is 3. The van der Waals surface area contributed by atoms with Crippen LogP contribution in [0.25, 0.3) is 21.4 Å². The highest BCUT2D eigenvalue weighted by atomic mass is 32.1. The zero-order valence-electron chi connectivity index (χ0n) is 16.1. The Balaban J connectivity index is 1.28. The zero-order chi connectivity index (χ0) is 19.4. The number of fused-ring (bicyclic) bond motifs is 5. The molecular weight excluding hydrogens is 380 g/mol. The minimum Gasteiger partial charge on any atom is -0.460 e. The minimum absolute atomic E-state index is 0.172. The van der Waals surface area contributed by atoms with E-state index in [4.69, 9.17) is 4.42 Å². The van der Waals surface area contributed by atoms with Gasteiger partial charge in [0.15, 0.2) is 0 Å². The van der Waals surface area contributed by atoms with Gasteiger partial charge in [-0.2, -0.15) is 0 Å². The molecule has 1 aromatic carbocycles. The molecule has 5 heterocycles. The van der Waals surface area contributed by atoms with Crippen molar-refractivity contribution in [3.8, 4) is 10.4 Å². The van der Waals surface area contributed by atoms with Crippen LogP contribution >= 0.6 is 11.3 Å². The quantitative estimate of drug-likeness (QED) is 0.487. The van der Waals surface area contributed by atoms with Crippen molar-refractivity contribution in [2.45, 2.75) is 25.4 Å². The number of para-hydroxylation sites is 1. The maximum absolute atomic E-state index is 13.2. The van der Waals surface area contributed by atoms with Crippen molar-refractivity contribution in [3.63, 3.8) is 0 Å². The molecule has 2 bridgehead atoms. The van der Waals surface area contributed by atoms with Crippen LogP contribution in [0.5, 0.6) is 0 Å². The SMILES string of the molecule is O=c1c(-c2cccs2)ccc2n1C[C@@H]1C[C@@H]2CN(Cc2cc3ccccc3o2)C1. The molecule has 2 atom stereocenters. The summed E-state index contributed by atoms with van der Waals surface area (Å²) in [6, 6.07) is 18.6. The Morgan fingerprint density at radius 2 is 1.97 bits per heavy atom. The number of hydrogen-bond donors (Lipinski definition) is 0. The molecule has 1 saturated heterocycles. The summed E-state index contributed by atoms with van der Waals surface area (Å²) < 4.78 is 8.09. The van der Waals surface area contributed by atoms with E-state index >= 15 is 0 Å². The Labute approximate surface area is 173 Å². The molecule has 6 rings (SSSR count). The Kier molecular flexibility index (Phi) is 3.99. The topological polar surface area (TPSA) is 38.4 Å². The lowest BCUT2D eigenvalue weighted by Crippen LogP contribution is -2.46. The van der Waals surface area contributed by atoms with Gasteiger partial charge in [0, 0.05) is 41.5 Å². The molecule has 1 fully saturated rings. The van der Waals surface area contributed by atoms with Gasteiger partial charge >= 0.3 is 0 Å². The van der Waals surface area contributed by atoms with E-state index in [-0.39, 0.29) is 5.56 Å². The highest BCUT2D eigenvalue weighted by molar-refractivity contribution is 7.13. The van der Waals surface area contributed by atoms with Crippen LogP contribution in [-0.2, 0) is 13.1 Å². The fraction of sp³-hybridized carbons (Fsp3) is 0.292. The molecule has 0 aliphatic carbocycles. The average molecular weight is 403 g/mol. The van der Waals surface area contributed by atoms with Crippen LogP contribution in [-0.4, -0.2) is 22.6 Å². The lowest BCUT2D eigenvalue weighted by Gasteiger charge is -2.42. The number of furan rings is 1. The van der Waals surface area contributed by atoms with E-state index in [1.165, 1.54) is 12.1 Å². The largest absolute Gasteiger partial charge is 0.460 e. The third-order valence-corrected chi connectivity index (χ3v) is 7.23. The Hall–Kier alpha value is -2.63. The summed E-state index contributed by atoms with van der Waals surface area (Å²) in [5.41, 5.74) is 3.16. The van der Waals surface area contributed by atoms with E-state index in [0.717, 1.165) is 53.3 Å². The normalized spacial score (nSPS) is 21.4. The number of pyridine rings is 1. The molecule has 4 aromatic rings. The highest BCUT2D eigenvalue weighted by Gasteiger charge is 2.35. The van der Waals surface area contributed by atoms with Crippen LogP contribution in [0.2, 0.25) is 0 Å². The van der Waals surface area contributed by atoms with Gasteiger partial charge in [0.05, 0.1) is 12.1 Å². The summed E-state index contributed by atoms with van der Waals surface area (Å²) in [5, 5.41) is 3.20. The first-order chi connectivity index (χ1) is 14.2. The maximum atomic E-state index is 13.2. The average Bonchev–Trinajstić information content (AvgIpc) is 3.38. The third-order valence-electron chi connectivity index (χ3n) is 6.32. The van der Waals surface area contributed by atoms with Crippen LogP contribution in [0, 0.1) is 5.92 Å². The van der Waals surface area contributed by atoms with Crippen LogP contribution in [0.4, 0.5) is 0 Å². The number of aromatic nitrogens is 1. The van der Waals surface area contributed by atoms with Crippen molar-refractivity contribution in [3.05, 3.63) is 81.8 Å². The Morgan fingerprint density at radius 1 is 1.03 bits per heavy atom. The van der Waals surface area contributed by atoms with Crippen LogP contribution < -0.4 is 5.56 Å². The van der Waals surface area contributed by atoms with Crippen molar-refractivity contribution in [2.24, 2.45) is 5.92 Å². The van der Waals surface area contributed by atoms with Crippen molar-refractivity contribution < 1.29 is 4.42 Å². The first-order valence-electron chi connectivity index (χ1n) is 10.2. The fourth-order valence-electron chi connectivity index (χ4n) is 5.13. The highest BCUT2D eigenvalue weighted by Crippen LogP contribution is 2.37. The second kappa shape index (κ2) is 6.71. The van der Waals surface area contributed by atoms with Crippen molar-refractivity contribution in [1.82, 2.24) is 9.47 Å². The number of nitrogens with zero attached hydrogens (tertiary/aromatic N) is 2. The first kappa shape index (κ1) is 17.2. The van der Waals surface area contributed by atoms with Gasteiger partial charge in [-0.3, -0.25) is 9.69 Å². The molecule has 0 unspecified atom stereocenters. The molecule has 3 aromatic heterocycles. The number of likely N-dealkylation sites (tertiary alicyclic amines) is 1. The molecule has 4 nitrogen and oxygen atoms in total. The van der Waals surface area contributed by atoms with E-state index in [1.807, 2.05) is 46.3 Å². The summed E-state index contributed by atoms with van der Waals surface area (Å²) in [7, 11) is 0. The lowest BCUT2D eigenvalue weighted by molar-refractivity contribution is 0.108. The Bertz CT molecular complexity index is 1200. The lowest BCUT2D eigenvalue weighted by atomic mass is 9.83. The van der Waals surface area contributed by atoms with Gasteiger partial charge in [-0.05, 0) is 48.1 Å². The number of hydrogen-bond acceptors (Lipinski definition) is 4. The van der Waals surface area contributed by atoms with E-state index in [0.29, 0.717) is 11.8 Å². The van der Waals surface area contributed by atoms with Gasteiger partial charge in [-0.1, -0.05) is 24.3 Å². The Morgan fingerprint density at radius 3 is 2.83 bits per heavy atom. The summed E-state index contributed by atoms with van der Waals surface area (Å²) >= 11 is 1.63. The van der Waals surface area contributed by atoms with Crippen LogP contribution in [0.15, 0.2) is 69.2 Å². The molecule has 2 aliphatic rings. The third kappa shape index (κ3) is 2.96. The molecule has 2 aliphatic heterocycles. The van der Waals surface area contributed by atoms with Crippen LogP contribution in [0.1, 0.15) is 23.8 Å². The van der Waals surface area contributed by atoms with E-state index in [9.17, 15) is 4.79 Å². The molecule has 146 valence electrons. The van der Waals surface area contributed by atoms with Gasteiger partial charge < -0.3 is 8.98 Å². The fourth-order valence-corrected chi connectivity index (χ4v) is 5.87. The standard InChI is InChI=1S/C24H22N2O2S/c27-24-20(23-6-3-9-29-23)7-8-21-18-10-16(13-26(21)24)12-25(14-18)15-19-11-17-4-1-2-5-22(17)28-19/h1-9,11,16,18H,10,12-15H2/t16-,18-/m1/s1. The van der Waals surface area contributed by atoms with Gasteiger partial charge in [0.2, 0.25) is 0 Å². The van der Waals surface area contributed by atoms with Crippen molar-refractivity contribution in [1.29, 1.82) is 0 Å². The van der Waals surface area contributed by atoms with E-state index in [1.54, 1.807) is 11.3 Å². The monoisotopic (exact) mass is 402 g/mol. The summed E-state index contributed by atoms with van der Waals surface area (Å²) in [6.07, 6.45) is 1.18. The predicted molar refractivity (Wildman–Crippen MR) is 116 cm³/mol. The summed E-state index contributed by atoms with van der Waals surface area (Å²) in [4.78, 5) is 16.7. The van der Waals surface area contributed by atoms with Gasteiger partial charge in [0.1, 0.15) is 11.3 Å². The zero-order valence-corrected chi connectivity index (χ0v) is 16.9. The number of thiophene rings is 1. The van der Waals surface area contributed by atoms with Gasteiger partial charge in [-0.15, -0.1) is 11.3 Å². The smallest absolute Gasteiger partial charge is 0.259 e. The number of benzene rings is 1. The molecule has 0 saturated carbocycles. The molecule has 29 heavy (non-hydrogen) atoms. The molecule has 5 heteroatoms. The second-order valence-corrected chi connectivity index (χ2v) is 9.26. The maximum Gasteiger partial charge on any atom is 0.259 e. The molecule has 0 N–H and O–H groups in total. The summed E-state index contributed by atoms with van der Waals surface area (Å²) in [6.45, 7) is 3.65. The molecule has 0 amide bonds. The second-order valence-electron chi connectivity index (χ2n) is 8.31. The minimum atomic E-state index is 0.172. The molecule has 0 spiro atoms. The molecule has 0 radical (unpaired) electrons. The summed E-state index contributed by atoms with van der Waals surface area (Å²) in [5.74, 6) is 1.95. The van der Waals surface area contributed by atoms with Crippen molar-refractivity contribution in [2.75, 3.05) is 13.1 Å². The number of piperidine rings is 1.